The second-order valence-corrected chi connectivity index (χ2v) is 7.95. The number of phenols is 2. The monoisotopic (exact) mass is 441 g/mol. The summed E-state index contributed by atoms with van der Waals surface area (Å²) in [5, 5.41) is 27.9. The molecule has 1 aliphatic heterocycles. The van der Waals surface area contributed by atoms with E-state index in [0.717, 1.165) is 11.1 Å². The topological polar surface area (TPSA) is 98.7 Å². The summed E-state index contributed by atoms with van der Waals surface area (Å²) in [4.78, 5) is 15.3. The van der Waals surface area contributed by atoms with Gasteiger partial charge in [0.15, 0.2) is 11.5 Å². The summed E-state index contributed by atoms with van der Waals surface area (Å²) in [5.41, 5.74) is 4.07. The summed E-state index contributed by atoms with van der Waals surface area (Å²) in [5.74, 6) is 0.273. The molecule has 4 aromatic rings. The number of carbonyl (C=O) groups excluding carboxylic acids is 1. The number of amides is 1. The third-order valence-corrected chi connectivity index (χ3v) is 6.03. The molecule has 2 heterocycles. The van der Waals surface area contributed by atoms with Crippen LogP contribution in [0.4, 0.5) is 0 Å². The van der Waals surface area contributed by atoms with E-state index in [2.05, 4.69) is 10.2 Å². The van der Waals surface area contributed by atoms with Gasteiger partial charge in [-0.3, -0.25) is 9.89 Å². The van der Waals surface area contributed by atoms with Crippen molar-refractivity contribution in [2.45, 2.75) is 12.5 Å². The summed E-state index contributed by atoms with van der Waals surface area (Å²) < 4.78 is 5.32. The van der Waals surface area contributed by atoms with Crippen molar-refractivity contribution < 1.29 is 19.7 Å². The minimum atomic E-state index is -0.459. The molecule has 7 heteroatoms. The predicted octanol–water partition coefficient (Wildman–Crippen LogP) is 4.28. The Morgan fingerprint density at radius 3 is 2.52 bits per heavy atom. The molecule has 0 radical (unpaired) electrons. The fraction of sp³-hybridized carbons (Fsp3) is 0.154. The molecule has 166 valence electrons. The Bertz CT molecular complexity index is 1320. The Labute approximate surface area is 190 Å². The number of aromatic hydroxyl groups is 2. The quantitative estimate of drug-likeness (QED) is 0.415. The van der Waals surface area contributed by atoms with Crippen molar-refractivity contribution in [2.75, 3.05) is 13.7 Å². The molecule has 1 aliphatic rings. The number of hydrogen-bond acceptors (Lipinski definition) is 5. The zero-order valence-electron chi connectivity index (χ0n) is 18.0. The molecule has 0 aliphatic carbocycles. The summed E-state index contributed by atoms with van der Waals surface area (Å²) >= 11 is 0. The van der Waals surface area contributed by atoms with Crippen LogP contribution in [0.25, 0.3) is 11.3 Å². The molecule has 1 unspecified atom stereocenters. The number of carbonyl (C=O) groups is 1. The van der Waals surface area contributed by atoms with Crippen molar-refractivity contribution in [3.8, 4) is 28.5 Å². The maximum atomic E-state index is 13.5. The van der Waals surface area contributed by atoms with Crippen molar-refractivity contribution >= 4 is 5.91 Å². The Balaban J connectivity index is 1.62. The molecule has 0 spiro atoms. The first-order chi connectivity index (χ1) is 16.1. The average molecular weight is 441 g/mol. The van der Waals surface area contributed by atoms with Crippen molar-refractivity contribution in [3.63, 3.8) is 0 Å². The molecule has 0 saturated carbocycles. The lowest BCUT2D eigenvalue weighted by molar-refractivity contribution is 0.0746. The van der Waals surface area contributed by atoms with Crippen LogP contribution in [0.1, 0.15) is 33.2 Å². The smallest absolute Gasteiger partial charge is 0.273 e. The summed E-state index contributed by atoms with van der Waals surface area (Å²) in [6, 6.07) is 21.5. The van der Waals surface area contributed by atoms with Crippen molar-refractivity contribution in [2.24, 2.45) is 0 Å². The molecule has 5 rings (SSSR count). The van der Waals surface area contributed by atoms with Gasteiger partial charge in [-0.1, -0.05) is 48.5 Å². The zero-order chi connectivity index (χ0) is 22.9. The van der Waals surface area contributed by atoms with Gasteiger partial charge < -0.3 is 19.8 Å². The molecule has 3 aromatic carbocycles. The fourth-order valence-corrected chi connectivity index (χ4v) is 4.41. The first kappa shape index (κ1) is 20.6. The van der Waals surface area contributed by atoms with Gasteiger partial charge in [-0.2, -0.15) is 5.10 Å². The molecule has 0 saturated heterocycles. The molecule has 1 amide bonds. The van der Waals surface area contributed by atoms with E-state index in [-0.39, 0.29) is 17.4 Å². The van der Waals surface area contributed by atoms with Gasteiger partial charge >= 0.3 is 0 Å². The predicted molar refractivity (Wildman–Crippen MR) is 123 cm³/mol. The number of aromatic amines is 1. The SMILES string of the molecule is COc1cc(C2c3c(-c4ccccc4O)n[nH]c3C(=O)N2CCc2ccccc2)ccc1O. The standard InChI is InChI=1S/C26H23N3O4/c1-33-21-15-17(11-12-20(21)31)25-22-23(18-9-5-6-10-19(18)30)27-28-24(22)26(32)29(25)14-13-16-7-3-2-4-8-16/h2-12,15,25,30-31H,13-14H2,1H3,(H,27,28). The van der Waals surface area contributed by atoms with E-state index >= 15 is 0 Å². The van der Waals surface area contributed by atoms with E-state index in [1.807, 2.05) is 36.4 Å². The highest BCUT2D eigenvalue weighted by Crippen LogP contribution is 2.45. The van der Waals surface area contributed by atoms with Gasteiger partial charge in [0.2, 0.25) is 0 Å². The lowest BCUT2D eigenvalue weighted by Gasteiger charge is -2.27. The minimum absolute atomic E-state index is 0.0229. The number of ether oxygens (including phenoxy) is 1. The molecule has 33 heavy (non-hydrogen) atoms. The molecule has 0 bridgehead atoms. The van der Waals surface area contributed by atoms with E-state index in [1.54, 1.807) is 41.3 Å². The minimum Gasteiger partial charge on any atom is -0.507 e. The van der Waals surface area contributed by atoms with Gasteiger partial charge in [0.1, 0.15) is 17.1 Å². The molecule has 0 fully saturated rings. The number of para-hydroxylation sites is 1. The van der Waals surface area contributed by atoms with Crippen LogP contribution in [0.15, 0.2) is 72.8 Å². The van der Waals surface area contributed by atoms with Gasteiger partial charge in [0, 0.05) is 17.7 Å². The number of H-pyrrole nitrogens is 1. The first-order valence-corrected chi connectivity index (χ1v) is 10.7. The zero-order valence-corrected chi connectivity index (χ0v) is 18.0. The first-order valence-electron chi connectivity index (χ1n) is 10.7. The van der Waals surface area contributed by atoms with Crippen LogP contribution >= 0.6 is 0 Å². The second kappa shape index (κ2) is 8.35. The normalized spacial score (nSPS) is 15.0. The number of aromatic nitrogens is 2. The van der Waals surface area contributed by atoms with Crippen LogP contribution < -0.4 is 4.74 Å². The Morgan fingerprint density at radius 2 is 1.76 bits per heavy atom. The Kier molecular flexibility index (Phi) is 5.22. The van der Waals surface area contributed by atoms with Crippen LogP contribution in [0.5, 0.6) is 17.2 Å². The van der Waals surface area contributed by atoms with Crippen LogP contribution in [0.2, 0.25) is 0 Å². The van der Waals surface area contributed by atoms with E-state index in [4.69, 9.17) is 4.74 Å². The number of benzene rings is 3. The van der Waals surface area contributed by atoms with Crippen molar-refractivity contribution in [1.82, 2.24) is 15.1 Å². The largest absolute Gasteiger partial charge is 0.507 e. The highest BCUT2D eigenvalue weighted by atomic mass is 16.5. The van der Waals surface area contributed by atoms with Gasteiger partial charge in [-0.25, -0.2) is 0 Å². The Hall–Kier alpha value is -4.26. The van der Waals surface area contributed by atoms with Gasteiger partial charge in [0.05, 0.1) is 13.2 Å². The maximum Gasteiger partial charge on any atom is 0.273 e. The molecular weight excluding hydrogens is 418 g/mol. The molecule has 1 atom stereocenters. The summed E-state index contributed by atoms with van der Waals surface area (Å²) in [7, 11) is 1.49. The lowest BCUT2D eigenvalue weighted by atomic mass is 9.95. The van der Waals surface area contributed by atoms with Crippen molar-refractivity contribution in [1.29, 1.82) is 0 Å². The number of hydrogen-bond donors (Lipinski definition) is 3. The van der Waals surface area contributed by atoms with Crippen LogP contribution in [0.3, 0.4) is 0 Å². The number of nitrogens with zero attached hydrogens (tertiary/aromatic N) is 2. The number of nitrogens with one attached hydrogen (secondary N) is 1. The second-order valence-electron chi connectivity index (χ2n) is 7.95. The highest BCUT2D eigenvalue weighted by molar-refractivity contribution is 6.00. The third-order valence-electron chi connectivity index (χ3n) is 6.03. The highest BCUT2D eigenvalue weighted by Gasteiger charge is 2.42. The van der Waals surface area contributed by atoms with Crippen LogP contribution in [-0.2, 0) is 6.42 Å². The van der Waals surface area contributed by atoms with E-state index < -0.39 is 6.04 Å². The lowest BCUT2D eigenvalue weighted by Crippen LogP contribution is -2.31. The molecule has 1 aromatic heterocycles. The maximum absolute atomic E-state index is 13.5. The fourth-order valence-electron chi connectivity index (χ4n) is 4.41. The summed E-state index contributed by atoms with van der Waals surface area (Å²) in [6.45, 7) is 0.486. The van der Waals surface area contributed by atoms with Crippen LogP contribution in [-0.4, -0.2) is 44.9 Å². The molecular formula is C26H23N3O4. The molecule has 3 N–H and O–H groups in total. The van der Waals surface area contributed by atoms with Crippen molar-refractivity contribution in [3.05, 3.63) is 95.2 Å². The summed E-state index contributed by atoms with van der Waals surface area (Å²) in [6.07, 6.45) is 0.682. The number of methoxy groups -OCH3 is 1. The molecule has 7 nitrogen and oxygen atoms in total. The number of phenolic OH excluding ortho intramolecular Hbond substituents is 2. The van der Waals surface area contributed by atoms with Gasteiger partial charge in [-0.15, -0.1) is 0 Å². The average Bonchev–Trinajstić information content (AvgIpc) is 3.38. The number of rotatable bonds is 6. The van der Waals surface area contributed by atoms with Crippen LogP contribution in [0, 0.1) is 0 Å². The number of fused-ring (bicyclic) bond motifs is 1. The Morgan fingerprint density at radius 1 is 1.00 bits per heavy atom. The van der Waals surface area contributed by atoms with E-state index in [1.165, 1.54) is 7.11 Å². The third kappa shape index (κ3) is 3.57. The van der Waals surface area contributed by atoms with E-state index in [0.29, 0.717) is 41.2 Å². The van der Waals surface area contributed by atoms with Gasteiger partial charge in [-0.05, 0) is 41.8 Å². The van der Waals surface area contributed by atoms with E-state index in [9.17, 15) is 15.0 Å². The van der Waals surface area contributed by atoms with Gasteiger partial charge in [0.25, 0.3) is 5.91 Å².